The molecule has 0 radical (unpaired) electrons. The fourth-order valence-corrected chi connectivity index (χ4v) is 2.23. The number of hydrogen-bond acceptors (Lipinski definition) is 4. The first-order valence-electron chi connectivity index (χ1n) is 7.17. The molecule has 5 heteroatoms. The molecule has 1 saturated heterocycles. The van der Waals surface area contributed by atoms with Crippen LogP contribution < -0.4 is 10.1 Å². The number of rotatable bonds is 6. The summed E-state index contributed by atoms with van der Waals surface area (Å²) in [6.45, 7) is 6.04. The molecular formula is C15H22N2O3. The van der Waals surface area contributed by atoms with Crippen molar-refractivity contribution in [3.05, 3.63) is 24.3 Å². The summed E-state index contributed by atoms with van der Waals surface area (Å²) in [4.78, 5) is 13.9. The Labute approximate surface area is 119 Å². The third-order valence-electron chi connectivity index (χ3n) is 3.25. The van der Waals surface area contributed by atoms with Gasteiger partial charge >= 0.3 is 6.09 Å². The van der Waals surface area contributed by atoms with Crippen molar-refractivity contribution in [2.45, 2.75) is 19.8 Å². The highest BCUT2D eigenvalue weighted by Gasteiger charge is 2.11. The third-order valence-corrected chi connectivity index (χ3v) is 3.25. The van der Waals surface area contributed by atoms with Crippen LogP contribution in [0.1, 0.15) is 19.8 Å². The highest BCUT2D eigenvalue weighted by Crippen LogP contribution is 2.15. The van der Waals surface area contributed by atoms with E-state index in [0.29, 0.717) is 18.9 Å². The second-order valence-corrected chi connectivity index (χ2v) is 4.77. The van der Waals surface area contributed by atoms with E-state index in [-0.39, 0.29) is 0 Å². The predicted octanol–water partition coefficient (Wildman–Crippen LogP) is 2.73. The average molecular weight is 278 g/mol. The molecule has 0 atom stereocenters. The second-order valence-electron chi connectivity index (χ2n) is 4.77. The third kappa shape index (κ3) is 4.74. The van der Waals surface area contributed by atoms with Gasteiger partial charge in [-0.1, -0.05) is 0 Å². The van der Waals surface area contributed by atoms with Gasteiger partial charge in [0.05, 0.1) is 6.61 Å². The Morgan fingerprint density at radius 3 is 2.60 bits per heavy atom. The zero-order valence-corrected chi connectivity index (χ0v) is 11.9. The van der Waals surface area contributed by atoms with Crippen molar-refractivity contribution >= 4 is 11.8 Å². The average Bonchev–Trinajstić information content (AvgIpc) is 2.94. The van der Waals surface area contributed by atoms with Crippen LogP contribution in [0.25, 0.3) is 0 Å². The minimum Gasteiger partial charge on any atom is -0.494 e. The number of anilines is 1. The molecule has 0 bridgehead atoms. The molecule has 0 aliphatic carbocycles. The molecule has 1 heterocycles. The van der Waals surface area contributed by atoms with Gasteiger partial charge in [0, 0.05) is 12.2 Å². The van der Waals surface area contributed by atoms with Crippen LogP contribution in [0.5, 0.6) is 5.75 Å². The quantitative estimate of drug-likeness (QED) is 0.869. The van der Waals surface area contributed by atoms with Gasteiger partial charge in [0.15, 0.2) is 0 Å². The van der Waals surface area contributed by atoms with Crippen LogP contribution in [0.4, 0.5) is 10.5 Å². The summed E-state index contributed by atoms with van der Waals surface area (Å²) in [6, 6.07) is 7.24. The maximum absolute atomic E-state index is 11.6. The van der Waals surface area contributed by atoms with Crippen molar-refractivity contribution in [3.8, 4) is 5.75 Å². The first kappa shape index (κ1) is 14.7. The summed E-state index contributed by atoms with van der Waals surface area (Å²) >= 11 is 0. The van der Waals surface area contributed by atoms with Crippen LogP contribution in [-0.2, 0) is 4.74 Å². The van der Waals surface area contributed by atoms with E-state index in [0.717, 1.165) is 25.4 Å². The molecule has 1 fully saturated rings. The number of likely N-dealkylation sites (tertiary alicyclic amines) is 1. The summed E-state index contributed by atoms with van der Waals surface area (Å²) in [5, 5.41) is 2.70. The number of benzene rings is 1. The molecule has 110 valence electrons. The van der Waals surface area contributed by atoms with Crippen LogP contribution in [0.3, 0.4) is 0 Å². The highest BCUT2D eigenvalue weighted by molar-refractivity contribution is 5.84. The van der Waals surface area contributed by atoms with Gasteiger partial charge in [-0.15, -0.1) is 0 Å². The first-order valence-corrected chi connectivity index (χ1v) is 7.17. The monoisotopic (exact) mass is 278 g/mol. The van der Waals surface area contributed by atoms with Crippen molar-refractivity contribution < 1.29 is 14.3 Å². The summed E-state index contributed by atoms with van der Waals surface area (Å²) in [5.74, 6) is 0.792. The van der Waals surface area contributed by atoms with Crippen LogP contribution in [0.2, 0.25) is 0 Å². The van der Waals surface area contributed by atoms with Crippen molar-refractivity contribution in [1.82, 2.24) is 4.90 Å². The van der Waals surface area contributed by atoms with Crippen molar-refractivity contribution in [2.24, 2.45) is 0 Å². The zero-order valence-electron chi connectivity index (χ0n) is 11.9. The molecule has 2 rings (SSSR count). The molecule has 1 aliphatic heterocycles. The van der Waals surface area contributed by atoms with Gasteiger partial charge in [0.25, 0.3) is 0 Å². The van der Waals surface area contributed by atoms with Gasteiger partial charge < -0.3 is 9.47 Å². The van der Waals surface area contributed by atoms with E-state index in [4.69, 9.17) is 9.47 Å². The lowest BCUT2D eigenvalue weighted by Gasteiger charge is -2.14. The van der Waals surface area contributed by atoms with Crippen molar-refractivity contribution in [2.75, 3.05) is 38.2 Å². The molecular weight excluding hydrogens is 256 g/mol. The number of nitrogens with zero attached hydrogens (tertiary/aromatic N) is 1. The van der Waals surface area contributed by atoms with Crippen LogP contribution in [-0.4, -0.2) is 43.8 Å². The van der Waals surface area contributed by atoms with Gasteiger partial charge in [-0.25, -0.2) is 4.79 Å². The molecule has 1 aromatic rings. The number of amides is 1. The van der Waals surface area contributed by atoms with Crippen LogP contribution in [0.15, 0.2) is 24.3 Å². The summed E-state index contributed by atoms with van der Waals surface area (Å²) in [7, 11) is 0. The Kier molecular flexibility index (Phi) is 5.68. The zero-order chi connectivity index (χ0) is 14.2. The van der Waals surface area contributed by atoms with Crippen molar-refractivity contribution in [1.29, 1.82) is 0 Å². The number of carbonyl (C=O) groups is 1. The SMILES string of the molecule is CCOc1ccc(NC(=O)OCCN2CCCC2)cc1. The summed E-state index contributed by atoms with van der Waals surface area (Å²) in [5.41, 5.74) is 0.708. The topological polar surface area (TPSA) is 50.8 Å². The number of nitrogens with one attached hydrogen (secondary N) is 1. The molecule has 1 N–H and O–H groups in total. The lowest BCUT2D eigenvalue weighted by molar-refractivity contribution is 0.146. The number of ether oxygens (including phenoxy) is 2. The highest BCUT2D eigenvalue weighted by atomic mass is 16.5. The maximum atomic E-state index is 11.6. The lowest BCUT2D eigenvalue weighted by Crippen LogP contribution is -2.26. The van der Waals surface area contributed by atoms with E-state index in [1.807, 2.05) is 19.1 Å². The van der Waals surface area contributed by atoms with Crippen molar-refractivity contribution in [3.63, 3.8) is 0 Å². The molecule has 1 aromatic carbocycles. The van der Waals surface area contributed by atoms with E-state index in [1.165, 1.54) is 12.8 Å². The minimum atomic E-state index is -0.409. The standard InChI is InChI=1S/C15H22N2O3/c1-2-19-14-7-5-13(6-8-14)16-15(18)20-12-11-17-9-3-4-10-17/h5-8H,2-4,9-12H2,1H3,(H,16,18). The van der Waals surface area contributed by atoms with E-state index in [2.05, 4.69) is 10.2 Å². The minimum absolute atomic E-state index is 0.409. The van der Waals surface area contributed by atoms with E-state index >= 15 is 0 Å². The predicted molar refractivity (Wildman–Crippen MR) is 78.3 cm³/mol. The fourth-order valence-electron chi connectivity index (χ4n) is 2.23. The molecule has 1 aliphatic rings. The molecule has 1 amide bonds. The van der Waals surface area contributed by atoms with E-state index in [1.54, 1.807) is 12.1 Å². The normalized spacial score (nSPS) is 15.1. The number of carbonyl (C=O) groups excluding carboxylic acids is 1. The second kappa shape index (κ2) is 7.75. The fraction of sp³-hybridized carbons (Fsp3) is 0.533. The molecule has 5 nitrogen and oxygen atoms in total. The van der Waals surface area contributed by atoms with Crippen LogP contribution >= 0.6 is 0 Å². The van der Waals surface area contributed by atoms with Gasteiger partial charge in [0.1, 0.15) is 12.4 Å². The molecule has 0 unspecified atom stereocenters. The molecule has 20 heavy (non-hydrogen) atoms. The Morgan fingerprint density at radius 1 is 1.25 bits per heavy atom. The first-order chi connectivity index (χ1) is 9.78. The van der Waals surface area contributed by atoms with E-state index in [9.17, 15) is 4.79 Å². The summed E-state index contributed by atoms with van der Waals surface area (Å²) in [6.07, 6.45) is 2.09. The Morgan fingerprint density at radius 2 is 1.95 bits per heavy atom. The largest absolute Gasteiger partial charge is 0.494 e. The lowest BCUT2D eigenvalue weighted by atomic mass is 10.3. The van der Waals surface area contributed by atoms with Crippen LogP contribution in [0, 0.1) is 0 Å². The van der Waals surface area contributed by atoms with E-state index < -0.39 is 6.09 Å². The molecule has 0 saturated carbocycles. The van der Waals surface area contributed by atoms with Gasteiger partial charge in [0.2, 0.25) is 0 Å². The van der Waals surface area contributed by atoms with Gasteiger partial charge in [-0.2, -0.15) is 0 Å². The Balaban J connectivity index is 1.67. The van der Waals surface area contributed by atoms with Gasteiger partial charge in [-0.05, 0) is 57.1 Å². The molecule has 0 aromatic heterocycles. The Bertz CT molecular complexity index is 414. The smallest absolute Gasteiger partial charge is 0.411 e. The number of hydrogen-bond donors (Lipinski definition) is 1. The molecule has 0 spiro atoms. The summed E-state index contributed by atoms with van der Waals surface area (Å²) < 4.78 is 10.5. The Hall–Kier alpha value is -1.75. The maximum Gasteiger partial charge on any atom is 0.411 e. The van der Waals surface area contributed by atoms with Gasteiger partial charge in [-0.3, -0.25) is 10.2 Å².